The zero-order valence-electron chi connectivity index (χ0n) is 20.4. The van der Waals surface area contributed by atoms with Crippen molar-refractivity contribution in [2.45, 2.75) is 38.3 Å². The fraction of sp³-hybridized carbons (Fsp3) is 0.444. The molecule has 0 aliphatic carbocycles. The van der Waals surface area contributed by atoms with Gasteiger partial charge >= 0.3 is 0 Å². The van der Waals surface area contributed by atoms with E-state index in [0.29, 0.717) is 23.1 Å². The van der Waals surface area contributed by atoms with Crippen molar-refractivity contribution < 1.29 is 4.79 Å². The van der Waals surface area contributed by atoms with E-state index in [1.807, 2.05) is 42.5 Å². The minimum absolute atomic E-state index is 0.0124. The van der Waals surface area contributed by atoms with Crippen LogP contribution in [0.2, 0.25) is 0 Å². The van der Waals surface area contributed by atoms with Crippen molar-refractivity contribution in [2.75, 3.05) is 39.8 Å². The van der Waals surface area contributed by atoms with Crippen molar-refractivity contribution in [1.29, 1.82) is 0 Å². The second kappa shape index (κ2) is 12.2. The van der Waals surface area contributed by atoms with Crippen LogP contribution in [0.15, 0.2) is 59.4 Å². The normalized spacial score (nSPS) is 15.8. The molecule has 35 heavy (non-hydrogen) atoms. The number of unbranched alkanes of at least 4 members (excludes halogenated alkanes) is 2. The number of para-hydroxylation sites is 1. The standard InChI is InChI=1S/C27H35N5O2S/c1-30-16-18-31(19-17-30)20-24(21-10-4-2-5-11-21)28-25(33)14-6-3-9-15-32-26(34)22-12-7-8-13-23(22)29-27(32)35/h2,4-5,7-8,10-13,24H,3,6,9,14-20H2,1H3,(H,28,33)(H,29,35). The number of nitrogens with zero attached hydrogens (tertiary/aromatic N) is 3. The van der Waals surface area contributed by atoms with Gasteiger partial charge in [-0.3, -0.25) is 19.1 Å². The molecule has 1 aliphatic rings. The summed E-state index contributed by atoms with van der Waals surface area (Å²) in [4.78, 5) is 33.5. The third-order valence-corrected chi connectivity index (χ3v) is 7.07. The van der Waals surface area contributed by atoms with Crippen LogP contribution < -0.4 is 10.9 Å². The number of hydrogen-bond donors (Lipinski definition) is 2. The summed E-state index contributed by atoms with van der Waals surface area (Å²) in [6.07, 6.45) is 2.91. The highest BCUT2D eigenvalue weighted by molar-refractivity contribution is 7.71. The van der Waals surface area contributed by atoms with Crippen LogP contribution in [0.5, 0.6) is 0 Å². The number of nitrogens with one attached hydrogen (secondary N) is 2. The first kappa shape index (κ1) is 25.3. The van der Waals surface area contributed by atoms with Gasteiger partial charge in [0.15, 0.2) is 4.77 Å². The quantitative estimate of drug-likeness (QED) is 0.333. The molecular formula is C27H35N5O2S. The molecule has 2 N–H and O–H groups in total. The predicted molar refractivity (Wildman–Crippen MR) is 143 cm³/mol. The lowest BCUT2D eigenvalue weighted by Crippen LogP contribution is -2.47. The molecule has 1 aromatic heterocycles. The van der Waals surface area contributed by atoms with E-state index in [1.165, 1.54) is 0 Å². The average Bonchev–Trinajstić information content (AvgIpc) is 2.87. The summed E-state index contributed by atoms with van der Waals surface area (Å²) in [5.74, 6) is 0.0770. The molecule has 8 heteroatoms. The zero-order valence-corrected chi connectivity index (χ0v) is 21.2. The minimum Gasteiger partial charge on any atom is -0.348 e. The molecule has 0 spiro atoms. The van der Waals surface area contributed by atoms with Crippen LogP contribution in [0.3, 0.4) is 0 Å². The Kier molecular flexibility index (Phi) is 8.84. The minimum atomic E-state index is -0.0586. The molecule has 186 valence electrons. The number of carbonyl (C=O) groups is 1. The Morgan fingerprint density at radius 2 is 1.71 bits per heavy atom. The van der Waals surface area contributed by atoms with E-state index in [1.54, 1.807) is 4.57 Å². The summed E-state index contributed by atoms with van der Waals surface area (Å²) >= 11 is 5.39. The van der Waals surface area contributed by atoms with Gasteiger partial charge in [0, 0.05) is 45.7 Å². The molecule has 1 aliphatic heterocycles. The van der Waals surface area contributed by atoms with Gasteiger partial charge in [0.25, 0.3) is 5.56 Å². The summed E-state index contributed by atoms with van der Waals surface area (Å²) in [6, 6.07) is 17.6. The van der Waals surface area contributed by atoms with Gasteiger partial charge in [-0.2, -0.15) is 0 Å². The SMILES string of the molecule is CN1CCN(CC(NC(=O)CCCCCn2c(=S)[nH]c3ccccc3c2=O)c2ccccc2)CC1. The van der Waals surface area contributed by atoms with E-state index in [4.69, 9.17) is 12.2 Å². The number of benzene rings is 2. The Morgan fingerprint density at radius 1 is 1.00 bits per heavy atom. The fourth-order valence-corrected chi connectivity index (χ4v) is 4.89. The number of H-pyrrole nitrogens is 1. The first-order valence-electron chi connectivity index (χ1n) is 12.5. The number of hydrogen-bond acceptors (Lipinski definition) is 5. The smallest absolute Gasteiger partial charge is 0.262 e. The van der Waals surface area contributed by atoms with Crippen molar-refractivity contribution in [2.24, 2.45) is 0 Å². The molecular weight excluding hydrogens is 458 g/mol. The molecule has 1 atom stereocenters. The summed E-state index contributed by atoms with van der Waals surface area (Å²) in [5.41, 5.74) is 1.85. The van der Waals surface area contributed by atoms with Gasteiger partial charge in [0.05, 0.1) is 16.9 Å². The van der Waals surface area contributed by atoms with Gasteiger partial charge in [-0.25, -0.2) is 0 Å². The van der Waals surface area contributed by atoms with E-state index in [-0.39, 0.29) is 17.5 Å². The highest BCUT2D eigenvalue weighted by atomic mass is 32.1. The molecule has 0 bridgehead atoms. The van der Waals surface area contributed by atoms with Crippen LogP contribution in [-0.4, -0.2) is 65.0 Å². The van der Waals surface area contributed by atoms with Crippen molar-refractivity contribution in [1.82, 2.24) is 24.7 Å². The molecule has 1 fully saturated rings. The van der Waals surface area contributed by atoms with Gasteiger partial charge in [0.1, 0.15) is 0 Å². The molecule has 2 heterocycles. The van der Waals surface area contributed by atoms with Crippen LogP contribution in [0.25, 0.3) is 10.9 Å². The summed E-state index contributed by atoms with van der Waals surface area (Å²) in [6.45, 7) is 5.53. The number of carbonyl (C=O) groups excluding carboxylic acids is 1. The highest BCUT2D eigenvalue weighted by Crippen LogP contribution is 2.16. The van der Waals surface area contributed by atoms with E-state index in [9.17, 15) is 9.59 Å². The van der Waals surface area contributed by atoms with E-state index in [2.05, 4.69) is 39.3 Å². The number of likely N-dealkylation sites (N-methyl/N-ethyl adjacent to an activating group) is 1. The van der Waals surface area contributed by atoms with Crippen LogP contribution in [0.1, 0.15) is 37.3 Å². The van der Waals surface area contributed by atoms with Crippen molar-refractivity contribution in [3.63, 3.8) is 0 Å². The van der Waals surface area contributed by atoms with Crippen molar-refractivity contribution in [3.05, 3.63) is 75.3 Å². The molecule has 1 unspecified atom stereocenters. The number of rotatable bonds is 10. The maximum absolute atomic E-state index is 12.8. The first-order valence-corrected chi connectivity index (χ1v) is 12.9. The van der Waals surface area contributed by atoms with Crippen LogP contribution in [0.4, 0.5) is 0 Å². The summed E-state index contributed by atoms with van der Waals surface area (Å²) in [7, 11) is 2.15. The Morgan fingerprint density at radius 3 is 2.49 bits per heavy atom. The molecule has 2 aromatic carbocycles. The number of aromatic nitrogens is 2. The van der Waals surface area contributed by atoms with Gasteiger partial charge in [0.2, 0.25) is 5.91 Å². The third-order valence-electron chi connectivity index (χ3n) is 6.75. The van der Waals surface area contributed by atoms with Crippen molar-refractivity contribution in [3.8, 4) is 0 Å². The molecule has 0 saturated carbocycles. The molecule has 4 rings (SSSR count). The van der Waals surface area contributed by atoms with E-state index in [0.717, 1.165) is 63.1 Å². The van der Waals surface area contributed by atoms with Gasteiger partial charge < -0.3 is 15.2 Å². The van der Waals surface area contributed by atoms with E-state index >= 15 is 0 Å². The lowest BCUT2D eigenvalue weighted by atomic mass is 10.1. The molecule has 1 amide bonds. The monoisotopic (exact) mass is 493 g/mol. The topological polar surface area (TPSA) is 73.4 Å². The molecule has 0 radical (unpaired) electrons. The Labute approximate surface area is 211 Å². The predicted octanol–water partition coefficient (Wildman–Crippen LogP) is 3.72. The lowest BCUT2D eigenvalue weighted by Gasteiger charge is -2.35. The molecule has 3 aromatic rings. The maximum atomic E-state index is 12.8. The van der Waals surface area contributed by atoms with E-state index < -0.39 is 0 Å². The summed E-state index contributed by atoms with van der Waals surface area (Å²) in [5, 5.41) is 3.91. The molecule has 1 saturated heterocycles. The number of amides is 1. The fourth-order valence-electron chi connectivity index (χ4n) is 4.61. The molecule has 7 nitrogen and oxygen atoms in total. The number of fused-ring (bicyclic) bond motifs is 1. The second-order valence-electron chi connectivity index (χ2n) is 9.38. The average molecular weight is 494 g/mol. The second-order valence-corrected chi connectivity index (χ2v) is 9.76. The Bertz CT molecular complexity index is 1230. The largest absolute Gasteiger partial charge is 0.348 e. The van der Waals surface area contributed by atoms with Crippen LogP contribution in [0, 0.1) is 4.77 Å². The highest BCUT2D eigenvalue weighted by Gasteiger charge is 2.21. The maximum Gasteiger partial charge on any atom is 0.262 e. The van der Waals surface area contributed by atoms with Gasteiger partial charge in [-0.15, -0.1) is 0 Å². The zero-order chi connectivity index (χ0) is 24.6. The van der Waals surface area contributed by atoms with Gasteiger partial charge in [-0.05, 0) is 49.8 Å². The Balaban J connectivity index is 1.27. The van der Waals surface area contributed by atoms with Crippen LogP contribution in [-0.2, 0) is 11.3 Å². The Hall–Kier alpha value is -2.81. The third kappa shape index (κ3) is 6.87. The van der Waals surface area contributed by atoms with Crippen LogP contribution >= 0.6 is 12.2 Å². The van der Waals surface area contributed by atoms with Crippen molar-refractivity contribution >= 4 is 29.0 Å². The summed E-state index contributed by atoms with van der Waals surface area (Å²) < 4.78 is 2.07. The number of aromatic amines is 1. The first-order chi connectivity index (χ1) is 17.0. The lowest BCUT2D eigenvalue weighted by molar-refractivity contribution is -0.122. The van der Waals surface area contributed by atoms with Gasteiger partial charge in [-0.1, -0.05) is 48.9 Å². The number of piperazine rings is 1.